The summed E-state index contributed by atoms with van der Waals surface area (Å²) in [5, 5.41) is 18.6. The van der Waals surface area contributed by atoms with Crippen molar-refractivity contribution in [2.75, 3.05) is 7.11 Å². The fourth-order valence-electron chi connectivity index (χ4n) is 4.32. The third kappa shape index (κ3) is 3.26. The van der Waals surface area contributed by atoms with E-state index in [0.29, 0.717) is 11.4 Å². The molecule has 2 aliphatic rings. The van der Waals surface area contributed by atoms with E-state index >= 15 is 0 Å². The molecule has 0 aliphatic carbocycles. The van der Waals surface area contributed by atoms with Crippen molar-refractivity contribution in [2.45, 2.75) is 25.1 Å². The molecule has 0 bridgehead atoms. The van der Waals surface area contributed by atoms with Crippen LogP contribution in [0.4, 0.5) is 5.69 Å². The van der Waals surface area contributed by atoms with E-state index in [-0.39, 0.29) is 11.7 Å². The van der Waals surface area contributed by atoms with Gasteiger partial charge in [0.1, 0.15) is 11.5 Å². The van der Waals surface area contributed by atoms with E-state index in [2.05, 4.69) is 0 Å². The number of nitro groups is 1. The quantitative estimate of drug-likeness (QED) is 0.378. The van der Waals surface area contributed by atoms with Gasteiger partial charge in [-0.15, -0.1) is 0 Å². The molecule has 3 aromatic rings. The van der Waals surface area contributed by atoms with Gasteiger partial charge in [0.05, 0.1) is 23.8 Å². The van der Waals surface area contributed by atoms with E-state index in [1.807, 2.05) is 48.3 Å². The van der Waals surface area contributed by atoms with Gasteiger partial charge < -0.3 is 9.47 Å². The van der Waals surface area contributed by atoms with Crippen LogP contribution < -0.4 is 9.47 Å². The minimum absolute atomic E-state index is 0.0285. The zero-order valence-corrected chi connectivity index (χ0v) is 18.2. The Morgan fingerprint density at radius 2 is 1.88 bits per heavy atom. The molecule has 8 heteroatoms. The van der Waals surface area contributed by atoms with E-state index < -0.39 is 10.6 Å². The summed E-state index contributed by atoms with van der Waals surface area (Å²) in [6, 6.07) is 19.7. The highest BCUT2D eigenvalue weighted by molar-refractivity contribution is 6.30. The van der Waals surface area contributed by atoms with Gasteiger partial charge in [0.25, 0.3) is 5.69 Å². The summed E-state index contributed by atoms with van der Waals surface area (Å²) >= 11 is 6.30. The standard InChI is InChI=1S/C24H20ClN3O4/c1-24(16-5-8-18(9-6-16)28(29)30)27-22(20-13-17(25)7-12-23(20)32-24)14-21(26-27)15-3-10-19(31-2)11-4-15/h3-13,22H,14H2,1-2H3/t22-,24+/m1/s1. The predicted molar refractivity (Wildman–Crippen MR) is 121 cm³/mol. The molecule has 0 saturated carbocycles. The highest BCUT2D eigenvalue weighted by atomic mass is 35.5. The van der Waals surface area contributed by atoms with E-state index in [4.69, 9.17) is 26.2 Å². The Morgan fingerprint density at radius 1 is 1.16 bits per heavy atom. The summed E-state index contributed by atoms with van der Waals surface area (Å²) in [4.78, 5) is 10.7. The molecule has 0 spiro atoms. The highest BCUT2D eigenvalue weighted by Crippen LogP contribution is 2.51. The van der Waals surface area contributed by atoms with Crippen LogP contribution in [0.25, 0.3) is 0 Å². The molecule has 0 amide bonds. The molecular formula is C24H20ClN3O4. The third-order valence-electron chi connectivity index (χ3n) is 6.02. The molecular weight excluding hydrogens is 430 g/mol. The zero-order chi connectivity index (χ0) is 22.5. The Labute approximate surface area is 190 Å². The average molecular weight is 450 g/mol. The zero-order valence-electron chi connectivity index (χ0n) is 17.5. The molecule has 0 N–H and O–H groups in total. The second-order valence-electron chi connectivity index (χ2n) is 7.91. The Morgan fingerprint density at radius 3 is 2.53 bits per heavy atom. The van der Waals surface area contributed by atoms with E-state index in [1.54, 1.807) is 25.3 Å². The number of ether oxygens (including phenoxy) is 2. The Balaban J connectivity index is 1.61. The number of fused-ring (bicyclic) bond motifs is 3. The van der Waals surface area contributed by atoms with Gasteiger partial charge in [-0.1, -0.05) is 11.6 Å². The van der Waals surface area contributed by atoms with Gasteiger partial charge in [0.2, 0.25) is 5.72 Å². The van der Waals surface area contributed by atoms with Crippen LogP contribution in [-0.4, -0.2) is 22.8 Å². The maximum Gasteiger partial charge on any atom is 0.269 e. The van der Waals surface area contributed by atoms with Crippen molar-refractivity contribution < 1.29 is 14.4 Å². The first-order valence-corrected chi connectivity index (χ1v) is 10.5. The van der Waals surface area contributed by atoms with E-state index in [9.17, 15) is 10.1 Å². The summed E-state index contributed by atoms with van der Waals surface area (Å²) in [5.41, 5.74) is 2.73. The van der Waals surface area contributed by atoms with Crippen molar-refractivity contribution in [3.8, 4) is 11.5 Å². The van der Waals surface area contributed by atoms with Gasteiger partial charge in [-0.2, -0.15) is 5.10 Å². The molecule has 32 heavy (non-hydrogen) atoms. The lowest BCUT2D eigenvalue weighted by Gasteiger charge is -2.46. The smallest absolute Gasteiger partial charge is 0.269 e. The molecule has 5 rings (SSSR count). The molecule has 0 saturated heterocycles. The number of non-ortho nitro benzene ring substituents is 1. The van der Waals surface area contributed by atoms with Crippen molar-refractivity contribution in [3.63, 3.8) is 0 Å². The Bertz CT molecular complexity index is 1230. The van der Waals surface area contributed by atoms with Gasteiger partial charge in [-0.3, -0.25) is 10.1 Å². The number of rotatable bonds is 4. The molecule has 0 unspecified atom stereocenters. The van der Waals surface area contributed by atoms with Crippen LogP contribution in [0.15, 0.2) is 71.8 Å². The Kier molecular flexibility index (Phi) is 4.78. The lowest BCUT2D eigenvalue weighted by molar-refractivity contribution is -0.384. The second kappa shape index (κ2) is 7.53. The van der Waals surface area contributed by atoms with Crippen molar-refractivity contribution >= 4 is 23.0 Å². The van der Waals surface area contributed by atoms with Gasteiger partial charge in [0, 0.05) is 41.6 Å². The number of benzene rings is 3. The normalized spacial score (nSPS) is 21.3. The van der Waals surface area contributed by atoms with Crippen LogP contribution in [0.3, 0.4) is 0 Å². The minimum atomic E-state index is -0.950. The van der Waals surface area contributed by atoms with Crippen LogP contribution in [0.1, 0.15) is 36.1 Å². The van der Waals surface area contributed by atoms with Gasteiger partial charge in [-0.25, -0.2) is 5.01 Å². The van der Waals surface area contributed by atoms with Gasteiger partial charge >= 0.3 is 0 Å². The molecule has 162 valence electrons. The molecule has 7 nitrogen and oxygen atoms in total. The summed E-state index contributed by atoms with van der Waals surface area (Å²) in [6.45, 7) is 1.93. The molecule has 2 heterocycles. The summed E-state index contributed by atoms with van der Waals surface area (Å²) < 4.78 is 11.7. The molecule has 0 aromatic heterocycles. The van der Waals surface area contributed by atoms with Crippen LogP contribution in [0.2, 0.25) is 5.02 Å². The van der Waals surface area contributed by atoms with Crippen molar-refractivity contribution in [3.05, 3.63) is 98.6 Å². The summed E-state index contributed by atoms with van der Waals surface area (Å²) in [7, 11) is 1.63. The number of halogens is 1. The van der Waals surface area contributed by atoms with Crippen LogP contribution >= 0.6 is 11.6 Å². The number of hydrogen-bond acceptors (Lipinski definition) is 6. The number of nitrogens with zero attached hydrogens (tertiary/aromatic N) is 3. The third-order valence-corrected chi connectivity index (χ3v) is 6.26. The first-order valence-electron chi connectivity index (χ1n) is 10.1. The maximum absolute atomic E-state index is 11.1. The largest absolute Gasteiger partial charge is 0.497 e. The van der Waals surface area contributed by atoms with E-state index in [1.165, 1.54) is 12.1 Å². The topological polar surface area (TPSA) is 77.2 Å². The van der Waals surface area contributed by atoms with Gasteiger partial charge in [0.15, 0.2) is 0 Å². The van der Waals surface area contributed by atoms with Crippen LogP contribution in [-0.2, 0) is 5.72 Å². The highest BCUT2D eigenvalue weighted by Gasteiger charge is 2.49. The number of methoxy groups -OCH3 is 1. The van der Waals surface area contributed by atoms with Gasteiger partial charge in [-0.05, 0) is 60.2 Å². The fraction of sp³-hybridized carbons (Fsp3) is 0.208. The summed E-state index contributed by atoms with van der Waals surface area (Å²) in [5.74, 6) is 1.50. The predicted octanol–water partition coefficient (Wildman–Crippen LogP) is 5.67. The molecule has 2 aliphatic heterocycles. The fourth-order valence-corrected chi connectivity index (χ4v) is 4.50. The molecule has 3 aromatic carbocycles. The Hall–Kier alpha value is -3.58. The lowest BCUT2D eigenvalue weighted by atomic mass is 9.92. The van der Waals surface area contributed by atoms with Crippen molar-refractivity contribution in [1.82, 2.24) is 5.01 Å². The lowest BCUT2D eigenvalue weighted by Crippen LogP contribution is -2.48. The number of nitro benzene ring substituents is 1. The minimum Gasteiger partial charge on any atom is -0.497 e. The molecule has 2 atom stereocenters. The second-order valence-corrected chi connectivity index (χ2v) is 8.35. The number of hydrazone groups is 1. The first kappa shape index (κ1) is 20.3. The molecule has 0 fully saturated rings. The van der Waals surface area contributed by atoms with Crippen LogP contribution in [0, 0.1) is 10.1 Å². The van der Waals surface area contributed by atoms with Crippen LogP contribution in [0.5, 0.6) is 11.5 Å². The monoisotopic (exact) mass is 449 g/mol. The van der Waals surface area contributed by atoms with E-state index in [0.717, 1.165) is 33.9 Å². The van der Waals surface area contributed by atoms with Crippen molar-refractivity contribution in [2.24, 2.45) is 5.10 Å². The SMILES string of the molecule is COc1ccc(C2=NN3[C@H](C2)c2cc(Cl)ccc2O[C@@]3(C)c2ccc([N+](=O)[O-])cc2)cc1. The molecule has 0 radical (unpaired) electrons. The van der Waals surface area contributed by atoms with Crippen molar-refractivity contribution in [1.29, 1.82) is 0 Å². The number of hydrogen-bond donors (Lipinski definition) is 0. The summed E-state index contributed by atoms with van der Waals surface area (Å²) in [6.07, 6.45) is 0.672. The first-order chi connectivity index (χ1) is 15.4. The maximum atomic E-state index is 11.1. The average Bonchev–Trinajstić information content (AvgIpc) is 3.27.